The highest BCUT2D eigenvalue weighted by Gasteiger charge is 2.20. The highest BCUT2D eigenvalue weighted by Crippen LogP contribution is 2.34. The van der Waals surface area contributed by atoms with Crippen LogP contribution in [0.4, 0.5) is 0 Å². The lowest BCUT2D eigenvalue weighted by Gasteiger charge is -2.25. The van der Waals surface area contributed by atoms with Crippen molar-refractivity contribution in [3.63, 3.8) is 0 Å². The van der Waals surface area contributed by atoms with Gasteiger partial charge in [0.1, 0.15) is 0 Å². The van der Waals surface area contributed by atoms with Gasteiger partial charge in [0, 0.05) is 17.2 Å². The summed E-state index contributed by atoms with van der Waals surface area (Å²) >= 11 is 0. The number of aromatic nitrogens is 2. The van der Waals surface area contributed by atoms with Crippen LogP contribution in [0.5, 0.6) is 0 Å². The Bertz CT molecular complexity index is 833. The molecular weight excluding hydrogens is 330 g/mol. The molecule has 0 amide bonds. The van der Waals surface area contributed by atoms with Crippen molar-refractivity contribution in [2.45, 2.75) is 38.6 Å². The van der Waals surface area contributed by atoms with Gasteiger partial charge in [-0.3, -0.25) is 0 Å². The third-order valence-electron chi connectivity index (χ3n) is 5.75. The van der Waals surface area contributed by atoms with Gasteiger partial charge in [0.2, 0.25) is 0 Å². The molecule has 2 atom stereocenters. The van der Waals surface area contributed by atoms with Crippen LogP contribution in [0.1, 0.15) is 38.6 Å². The molecule has 1 aromatic heterocycles. The van der Waals surface area contributed by atoms with E-state index < -0.39 is 0 Å². The van der Waals surface area contributed by atoms with E-state index in [4.69, 9.17) is 4.98 Å². The molecule has 4 rings (SSSR count). The Labute approximate surface area is 162 Å². The monoisotopic (exact) mass is 359 g/mol. The van der Waals surface area contributed by atoms with E-state index in [0.717, 1.165) is 11.6 Å². The molecule has 140 valence electrons. The maximum absolute atomic E-state index is 4.83. The van der Waals surface area contributed by atoms with Gasteiger partial charge in [-0.25, -0.2) is 4.98 Å². The van der Waals surface area contributed by atoms with Crippen LogP contribution in [0, 0.1) is 5.92 Å². The van der Waals surface area contributed by atoms with Gasteiger partial charge in [0.25, 0.3) is 0 Å². The lowest BCUT2D eigenvalue weighted by Crippen LogP contribution is -2.30. The van der Waals surface area contributed by atoms with Gasteiger partial charge < -0.3 is 9.88 Å². The fourth-order valence-electron chi connectivity index (χ4n) is 4.17. The van der Waals surface area contributed by atoms with Crippen molar-refractivity contribution in [2.24, 2.45) is 5.92 Å². The minimum Gasteiger partial charge on any atom is -0.327 e. The zero-order valence-corrected chi connectivity index (χ0v) is 16.1. The standard InChI is InChI=1S/C24H29N3/c1-19(14-15-20-9-8-16-25-17-20)27-18-26-23(21-10-4-2-5-11-21)24(27)22-12-6-3-7-13-22/h2-7,10-13,18-20,25H,8-9,14-17H2,1H3. The molecular formula is C24H29N3. The van der Waals surface area contributed by atoms with E-state index >= 15 is 0 Å². The average molecular weight is 360 g/mol. The molecule has 2 aromatic carbocycles. The largest absolute Gasteiger partial charge is 0.327 e. The van der Waals surface area contributed by atoms with E-state index in [-0.39, 0.29) is 0 Å². The molecule has 1 aliphatic rings. The molecule has 3 heteroatoms. The van der Waals surface area contributed by atoms with Crippen molar-refractivity contribution >= 4 is 0 Å². The number of rotatable bonds is 6. The third kappa shape index (κ3) is 4.14. The summed E-state index contributed by atoms with van der Waals surface area (Å²) in [5.74, 6) is 0.818. The second-order valence-corrected chi connectivity index (χ2v) is 7.72. The highest BCUT2D eigenvalue weighted by atomic mass is 15.1. The smallest absolute Gasteiger partial charge is 0.0963 e. The molecule has 3 aromatic rings. The Balaban J connectivity index is 1.63. The molecule has 1 N–H and O–H groups in total. The summed E-state index contributed by atoms with van der Waals surface area (Å²) in [6.07, 6.45) is 7.19. The summed E-state index contributed by atoms with van der Waals surface area (Å²) in [4.78, 5) is 4.83. The molecule has 1 aliphatic heterocycles. The minimum atomic E-state index is 0.437. The first-order valence-electron chi connectivity index (χ1n) is 10.2. The van der Waals surface area contributed by atoms with Crippen LogP contribution in [-0.4, -0.2) is 22.6 Å². The minimum absolute atomic E-state index is 0.437. The Kier molecular flexibility index (Phi) is 5.69. The van der Waals surface area contributed by atoms with Crippen LogP contribution in [0.2, 0.25) is 0 Å². The first-order valence-corrected chi connectivity index (χ1v) is 10.2. The van der Waals surface area contributed by atoms with Crippen molar-refractivity contribution < 1.29 is 0 Å². The molecule has 1 saturated heterocycles. The molecule has 0 radical (unpaired) electrons. The van der Waals surface area contributed by atoms with Crippen LogP contribution >= 0.6 is 0 Å². The van der Waals surface area contributed by atoms with E-state index in [1.807, 2.05) is 6.33 Å². The molecule has 1 fully saturated rings. The Hall–Kier alpha value is -2.39. The molecule has 0 saturated carbocycles. The number of piperidine rings is 1. The summed E-state index contributed by atoms with van der Waals surface area (Å²) in [5, 5.41) is 3.54. The number of nitrogens with one attached hydrogen (secondary N) is 1. The maximum Gasteiger partial charge on any atom is 0.0963 e. The fraction of sp³-hybridized carbons (Fsp3) is 0.375. The van der Waals surface area contributed by atoms with Gasteiger partial charge in [-0.15, -0.1) is 0 Å². The van der Waals surface area contributed by atoms with Gasteiger partial charge in [-0.1, -0.05) is 60.7 Å². The zero-order valence-electron chi connectivity index (χ0n) is 16.1. The quantitative estimate of drug-likeness (QED) is 0.624. The molecule has 2 heterocycles. The molecule has 3 nitrogen and oxygen atoms in total. The second kappa shape index (κ2) is 8.53. The number of hydrogen-bond donors (Lipinski definition) is 1. The SMILES string of the molecule is CC(CCC1CCCNC1)n1cnc(-c2ccccc2)c1-c1ccccc1. The van der Waals surface area contributed by atoms with Crippen LogP contribution < -0.4 is 5.32 Å². The lowest BCUT2D eigenvalue weighted by molar-refractivity contribution is 0.328. The first-order chi connectivity index (χ1) is 13.3. The third-order valence-corrected chi connectivity index (χ3v) is 5.75. The van der Waals surface area contributed by atoms with Gasteiger partial charge in [0.15, 0.2) is 0 Å². The molecule has 2 unspecified atom stereocenters. The number of imidazole rings is 1. The van der Waals surface area contributed by atoms with Gasteiger partial charge in [-0.2, -0.15) is 0 Å². The van der Waals surface area contributed by atoms with Gasteiger partial charge in [0.05, 0.1) is 17.7 Å². The molecule has 0 aliphatic carbocycles. The zero-order chi connectivity index (χ0) is 18.5. The maximum atomic E-state index is 4.83. The van der Waals surface area contributed by atoms with Gasteiger partial charge in [-0.05, 0) is 51.6 Å². The van der Waals surface area contributed by atoms with Crippen molar-refractivity contribution in [1.82, 2.24) is 14.9 Å². The van der Waals surface area contributed by atoms with Crippen molar-refractivity contribution in [2.75, 3.05) is 13.1 Å². The summed E-state index contributed by atoms with van der Waals surface area (Å²) in [5.41, 5.74) is 4.72. The average Bonchev–Trinajstić information content (AvgIpc) is 3.19. The fourth-order valence-corrected chi connectivity index (χ4v) is 4.17. The molecule has 0 bridgehead atoms. The normalized spacial score (nSPS) is 18.3. The summed E-state index contributed by atoms with van der Waals surface area (Å²) in [7, 11) is 0. The summed E-state index contributed by atoms with van der Waals surface area (Å²) in [6.45, 7) is 4.70. The van der Waals surface area contributed by atoms with Crippen molar-refractivity contribution in [1.29, 1.82) is 0 Å². The first kappa shape index (κ1) is 18.0. The second-order valence-electron chi connectivity index (χ2n) is 7.72. The van der Waals surface area contributed by atoms with Crippen molar-refractivity contribution in [3.8, 4) is 22.5 Å². The van der Waals surface area contributed by atoms with Crippen LogP contribution in [0.15, 0.2) is 67.0 Å². The predicted octanol–water partition coefficient (Wildman–Crippen LogP) is 5.56. The van der Waals surface area contributed by atoms with Gasteiger partial charge >= 0.3 is 0 Å². The molecule has 27 heavy (non-hydrogen) atoms. The predicted molar refractivity (Wildman–Crippen MR) is 113 cm³/mol. The van der Waals surface area contributed by atoms with Crippen LogP contribution in [-0.2, 0) is 0 Å². The van der Waals surface area contributed by atoms with E-state index in [9.17, 15) is 0 Å². The van der Waals surface area contributed by atoms with E-state index in [1.54, 1.807) is 0 Å². The molecule has 0 spiro atoms. The lowest BCUT2D eigenvalue weighted by atomic mass is 9.93. The van der Waals surface area contributed by atoms with Crippen molar-refractivity contribution in [3.05, 3.63) is 67.0 Å². The highest BCUT2D eigenvalue weighted by molar-refractivity contribution is 5.78. The van der Waals surface area contributed by atoms with E-state index in [0.29, 0.717) is 6.04 Å². The summed E-state index contributed by atoms with van der Waals surface area (Å²) < 4.78 is 2.38. The number of nitrogens with zero attached hydrogens (tertiary/aromatic N) is 2. The van der Waals surface area contributed by atoms with Crippen LogP contribution in [0.3, 0.4) is 0 Å². The topological polar surface area (TPSA) is 29.9 Å². The Morgan fingerprint density at radius 1 is 1.04 bits per heavy atom. The Morgan fingerprint density at radius 2 is 1.74 bits per heavy atom. The van der Waals surface area contributed by atoms with E-state index in [2.05, 4.69) is 77.5 Å². The number of hydrogen-bond acceptors (Lipinski definition) is 2. The van der Waals surface area contributed by atoms with E-state index in [1.165, 1.54) is 55.6 Å². The summed E-state index contributed by atoms with van der Waals surface area (Å²) in [6, 6.07) is 21.7. The Morgan fingerprint density at radius 3 is 2.41 bits per heavy atom. The number of benzene rings is 2. The van der Waals surface area contributed by atoms with Crippen LogP contribution in [0.25, 0.3) is 22.5 Å².